The lowest BCUT2D eigenvalue weighted by Gasteiger charge is -2.24. The molecule has 108 valence electrons. The molecule has 1 aromatic heterocycles. The van der Waals surface area contributed by atoms with Crippen LogP contribution < -0.4 is 15.8 Å². The van der Waals surface area contributed by atoms with E-state index in [1.165, 1.54) is 4.68 Å². The molecule has 1 N–H and O–H groups in total. The second-order valence-corrected chi connectivity index (χ2v) is 5.45. The fraction of sp³-hybridized carbons (Fsp3) is 0.714. The van der Waals surface area contributed by atoms with Crippen LogP contribution in [0.3, 0.4) is 0 Å². The van der Waals surface area contributed by atoms with E-state index in [9.17, 15) is 4.79 Å². The van der Waals surface area contributed by atoms with Gasteiger partial charge in [0.05, 0.1) is 18.4 Å². The molecule has 0 saturated heterocycles. The molecule has 0 atom stereocenters. The van der Waals surface area contributed by atoms with Crippen molar-refractivity contribution in [1.82, 2.24) is 15.1 Å². The lowest BCUT2D eigenvalue weighted by molar-refractivity contribution is 0.360. The number of nitrogens with one attached hydrogen (secondary N) is 1. The van der Waals surface area contributed by atoms with E-state index < -0.39 is 0 Å². The Morgan fingerprint density at radius 3 is 2.63 bits per heavy atom. The van der Waals surface area contributed by atoms with E-state index in [0.29, 0.717) is 6.54 Å². The first kappa shape index (κ1) is 15.7. The number of rotatable bonds is 7. The van der Waals surface area contributed by atoms with Crippen LogP contribution in [0.2, 0.25) is 0 Å². The zero-order valence-electron chi connectivity index (χ0n) is 12.7. The summed E-state index contributed by atoms with van der Waals surface area (Å²) in [7, 11) is 1.95. The van der Waals surface area contributed by atoms with Crippen molar-refractivity contribution in [3.63, 3.8) is 0 Å². The summed E-state index contributed by atoms with van der Waals surface area (Å²) >= 11 is 0. The van der Waals surface area contributed by atoms with E-state index in [1.807, 2.05) is 18.9 Å². The summed E-state index contributed by atoms with van der Waals surface area (Å²) in [5, 5.41) is 7.64. The smallest absolute Gasteiger partial charge is 0.268 e. The molecule has 0 radical (unpaired) electrons. The van der Waals surface area contributed by atoms with Crippen LogP contribution in [0.4, 0.5) is 5.69 Å². The number of anilines is 1. The highest BCUT2D eigenvalue weighted by Gasteiger charge is 2.13. The highest BCUT2D eigenvalue weighted by atomic mass is 16.1. The highest BCUT2D eigenvalue weighted by molar-refractivity contribution is 5.41. The first-order chi connectivity index (χ1) is 8.89. The minimum atomic E-state index is -0.0473. The van der Waals surface area contributed by atoms with Gasteiger partial charge >= 0.3 is 0 Å². The third-order valence-corrected chi connectivity index (χ3v) is 3.58. The molecular formula is C14H26N4O. The maximum absolute atomic E-state index is 11.9. The van der Waals surface area contributed by atoms with Gasteiger partial charge < -0.3 is 10.2 Å². The van der Waals surface area contributed by atoms with Crippen molar-refractivity contribution in [3.8, 4) is 0 Å². The van der Waals surface area contributed by atoms with Gasteiger partial charge in [0.25, 0.3) is 5.56 Å². The lowest BCUT2D eigenvalue weighted by Crippen LogP contribution is -2.41. The molecule has 0 unspecified atom stereocenters. The van der Waals surface area contributed by atoms with Gasteiger partial charge in [0, 0.05) is 31.7 Å². The molecule has 0 aliphatic carbocycles. The standard InChI is InChI=1S/C14H26N4O/c1-6-14(3,4)15-8-9-18-13(19)10-12(11-16-18)17(5)7-2/h10-11,15H,6-9H2,1-5H3. The monoisotopic (exact) mass is 266 g/mol. The summed E-state index contributed by atoms with van der Waals surface area (Å²) in [5.41, 5.74) is 0.922. The molecule has 0 amide bonds. The van der Waals surface area contributed by atoms with Crippen molar-refractivity contribution >= 4 is 5.69 Å². The molecule has 0 aliphatic rings. The third kappa shape index (κ3) is 4.67. The van der Waals surface area contributed by atoms with Gasteiger partial charge in [0.1, 0.15) is 0 Å². The van der Waals surface area contributed by atoms with E-state index in [2.05, 4.69) is 31.2 Å². The van der Waals surface area contributed by atoms with Crippen molar-refractivity contribution in [3.05, 3.63) is 22.6 Å². The Morgan fingerprint density at radius 2 is 2.11 bits per heavy atom. The van der Waals surface area contributed by atoms with Gasteiger partial charge in [-0.25, -0.2) is 4.68 Å². The molecule has 0 saturated carbocycles. The molecule has 1 heterocycles. The maximum Gasteiger partial charge on any atom is 0.268 e. The summed E-state index contributed by atoms with van der Waals surface area (Å²) in [5.74, 6) is 0. The Labute approximate surface area is 115 Å². The molecule has 1 aromatic rings. The van der Waals surface area contributed by atoms with E-state index in [0.717, 1.165) is 25.2 Å². The van der Waals surface area contributed by atoms with Crippen molar-refractivity contribution < 1.29 is 0 Å². The van der Waals surface area contributed by atoms with Crippen molar-refractivity contribution in [2.45, 2.75) is 46.2 Å². The van der Waals surface area contributed by atoms with Gasteiger partial charge in [0.15, 0.2) is 0 Å². The average molecular weight is 266 g/mol. The Balaban J connectivity index is 2.63. The van der Waals surface area contributed by atoms with Crippen LogP contribution in [0.1, 0.15) is 34.1 Å². The van der Waals surface area contributed by atoms with E-state index >= 15 is 0 Å². The largest absolute Gasteiger partial charge is 0.373 e. The van der Waals surface area contributed by atoms with Crippen molar-refractivity contribution in [2.24, 2.45) is 0 Å². The summed E-state index contributed by atoms with van der Waals surface area (Å²) in [6, 6.07) is 1.64. The molecule has 19 heavy (non-hydrogen) atoms. The van der Waals surface area contributed by atoms with Gasteiger partial charge in [-0.15, -0.1) is 0 Å². The molecule has 0 fully saturated rings. The molecule has 5 nitrogen and oxygen atoms in total. The molecule has 0 aliphatic heterocycles. The van der Waals surface area contributed by atoms with Crippen LogP contribution in [-0.4, -0.2) is 35.5 Å². The van der Waals surface area contributed by atoms with Crippen LogP contribution in [-0.2, 0) is 6.54 Å². The van der Waals surface area contributed by atoms with Crippen LogP contribution in [0.5, 0.6) is 0 Å². The lowest BCUT2D eigenvalue weighted by atomic mass is 10.0. The number of hydrogen-bond acceptors (Lipinski definition) is 4. The van der Waals surface area contributed by atoms with Gasteiger partial charge in [-0.3, -0.25) is 4.79 Å². The summed E-state index contributed by atoms with van der Waals surface area (Å²) in [4.78, 5) is 13.9. The van der Waals surface area contributed by atoms with Crippen molar-refractivity contribution in [1.29, 1.82) is 0 Å². The first-order valence-electron chi connectivity index (χ1n) is 6.93. The number of aromatic nitrogens is 2. The Bertz CT molecular complexity index is 453. The molecule has 0 bridgehead atoms. The van der Waals surface area contributed by atoms with Gasteiger partial charge in [-0.05, 0) is 27.2 Å². The molecule has 5 heteroatoms. The molecule has 0 aromatic carbocycles. The van der Waals surface area contributed by atoms with Crippen molar-refractivity contribution in [2.75, 3.05) is 25.0 Å². The number of nitrogens with zero attached hydrogens (tertiary/aromatic N) is 3. The Morgan fingerprint density at radius 1 is 1.42 bits per heavy atom. The highest BCUT2D eigenvalue weighted by Crippen LogP contribution is 2.07. The number of hydrogen-bond donors (Lipinski definition) is 1. The third-order valence-electron chi connectivity index (χ3n) is 3.58. The Hall–Kier alpha value is -1.36. The van der Waals surface area contributed by atoms with Gasteiger partial charge in [-0.1, -0.05) is 6.92 Å². The van der Waals surface area contributed by atoms with E-state index in [-0.39, 0.29) is 11.1 Å². The molecule has 1 rings (SSSR count). The fourth-order valence-corrected chi connectivity index (χ4v) is 1.61. The average Bonchev–Trinajstić information content (AvgIpc) is 2.39. The topological polar surface area (TPSA) is 50.2 Å². The summed E-state index contributed by atoms with van der Waals surface area (Å²) in [6.07, 6.45) is 2.80. The Kier molecular flexibility index (Phi) is 5.54. The fourth-order valence-electron chi connectivity index (χ4n) is 1.61. The molecular weight excluding hydrogens is 240 g/mol. The van der Waals surface area contributed by atoms with Crippen LogP contribution in [0, 0.1) is 0 Å². The molecule has 0 spiro atoms. The summed E-state index contributed by atoms with van der Waals surface area (Å²) < 4.78 is 1.51. The predicted molar refractivity (Wildman–Crippen MR) is 79.8 cm³/mol. The maximum atomic E-state index is 11.9. The zero-order chi connectivity index (χ0) is 14.5. The van der Waals surface area contributed by atoms with E-state index in [1.54, 1.807) is 12.3 Å². The second kappa shape index (κ2) is 6.70. The minimum absolute atomic E-state index is 0.0473. The first-order valence-corrected chi connectivity index (χ1v) is 6.93. The minimum Gasteiger partial charge on any atom is -0.373 e. The predicted octanol–water partition coefficient (Wildman–Crippen LogP) is 1.48. The SMILES string of the molecule is CCN(C)c1cnn(CCNC(C)(C)CC)c(=O)c1. The zero-order valence-corrected chi connectivity index (χ0v) is 12.7. The van der Waals surface area contributed by atoms with Crippen LogP contribution >= 0.6 is 0 Å². The van der Waals surface area contributed by atoms with Crippen LogP contribution in [0.25, 0.3) is 0 Å². The normalized spacial score (nSPS) is 11.6. The summed E-state index contributed by atoms with van der Waals surface area (Å²) in [6.45, 7) is 10.7. The quantitative estimate of drug-likeness (QED) is 0.812. The van der Waals surface area contributed by atoms with Crippen LogP contribution in [0.15, 0.2) is 17.1 Å². The van der Waals surface area contributed by atoms with Gasteiger partial charge in [-0.2, -0.15) is 5.10 Å². The van der Waals surface area contributed by atoms with Gasteiger partial charge in [0.2, 0.25) is 0 Å². The second-order valence-electron chi connectivity index (χ2n) is 5.45. The van der Waals surface area contributed by atoms with E-state index in [4.69, 9.17) is 0 Å².